The number of anilines is 2. The van der Waals surface area contributed by atoms with Crippen LogP contribution in [-0.4, -0.2) is 24.2 Å². The van der Waals surface area contributed by atoms with Crippen molar-refractivity contribution in [2.75, 3.05) is 23.3 Å². The zero-order valence-electron chi connectivity index (χ0n) is 11.7. The van der Waals surface area contributed by atoms with Crippen molar-refractivity contribution >= 4 is 17.3 Å². The molecule has 1 aromatic heterocycles. The molecule has 0 unspecified atom stereocenters. The monoisotopic (exact) mass is 286 g/mol. The average molecular weight is 286 g/mol. The molecule has 1 aromatic carbocycles. The molecule has 0 radical (unpaired) electrons. The highest BCUT2D eigenvalue weighted by Gasteiger charge is 2.13. The molecule has 5 nitrogen and oxygen atoms in total. The number of hydrogen-bond acceptors (Lipinski definition) is 4. The second kappa shape index (κ2) is 5.91. The van der Waals surface area contributed by atoms with E-state index in [-0.39, 0.29) is 5.56 Å². The van der Waals surface area contributed by atoms with Gasteiger partial charge in [-0.3, -0.25) is 0 Å². The van der Waals surface area contributed by atoms with E-state index in [1.54, 1.807) is 0 Å². The molecule has 0 bridgehead atoms. The zero-order chi connectivity index (χ0) is 14.7. The first kappa shape index (κ1) is 13.5. The summed E-state index contributed by atoms with van der Waals surface area (Å²) in [5, 5.41) is 12.2. The zero-order valence-corrected chi connectivity index (χ0v) is 11.7. The summed E-state index contributed by atoms with van der Waals surface area (Å²) in [7, 11) is 0. The van der Waals surface area contributed by atoms with Crippen LogP contribution < -0.4 is 10.2 Å². The SMILES string of the molecule is O=C(O)c1ccoc1CNc1ccc(N2CCCC2)cc1. The first-order valence-corrected chi connectivity index (χ1v) is 7.12. The molecule has 0 saturated carbocycles. The van der Waals surface area contributed by atoms with Gasteiger partial charge in [-0.2, -0.15) is 0 Å². The summed E-state index contributed by atoms with van der Waals surface area (Å²) in [4.78, 5) is 13.4. The Labute approximate surface area is 123 Å². The topological polar surface area (TPSA) is 65.7 Å². The minimum absolute atomic E-state index is 0.205. The van der Waals surface area contributed by atoms with Gasteiger partial charge in [-0.15, -0.1) is 0 Å². The molecule has 0 amide bonds. The van der Waals surface area contributed by atoms with Gasteiger partial charge in [-0.1, -0.05) is 0 Å². The van der Waals surface area contributed by atoms with Crippen LogP contribution in [0.25, 0.3) is 0 Å². The molecule has 0 atom stereocenters. The van der Waals surface area contributed by atoms with Crippen LogP contribution in [-0.2, 0) is 6.54 Å². The maximum absolute atomic E-state index is 11.0. The van der Waals surface area contributed by atoms with E-state index in [0.29, 0.717) is 12.3 Å². The number of nitrogens with zero attached hydrogens (tertiary/aromatic N) is 1. The third-order valence-corrected chi connectivity index (χ3v) is 3.77. The van der Waals surface area contributed by atoms with Crippen molar-refractivity contribution in [2.24, 2.45) is 0 Å². The van der Waals surface area contributed by atoms with Gasteiger partial charge in [0.15, 0.2) is 0 Å². The van der Waals surface area contributed by atoms with Crippen LogP contribution in [0.5, 0.6) is 0 Å². The van der Waals surface area contributed by atoms with Gasteiger partial charge in [0.1, 0.15) is 11.3 Å². The Hall–Kier alpha value is -2.43. The van der Waals surface area contributed by atoms with Gasteiger partial charge < -0.3 is 19.7 Å². The van der Waals surface area contributed by atoms with E-state index in [4.69, 9.17) is 9.52 Å². The fraction of sp³-hybridized carbons (Fsp3) is 0.312. The quantitative estimate of drug-likeness (QED) is 0.883. The van der Waals surface area contributed by atoms with Gasteiger partial charge >= 0.3 is 5.97 Å². The number of carbonyl (C=O) groups is 1. The number of benzene rings is 1. The third-order valence-electron chi connectivity index (χ3n) is 3.77. The Morgan fingerprint density at radius 1 is 1.19 bits per heavy atom. The molecule has 5 heteroatoms. The molecule has 0 aliphatic carbocycles. The average Bonchev–Trinajstić information content (AvgIpc) is 3.17. The van der Waals surface area contributed by atoms with Crippen molar-refractivity contribution in [3.8, 4) is 0 Å². The molecular weight excluding hydrogens is 268 g/mol. The number of rotatable bonds is 5. The van der Waals surface area contributed by atoms with Crippen LogP contribution in [0.15, 0.2) is 41.0 Å². The van der Waals surface area contributed by atoms with Gasteiger partial charge in [0.25, 0.3) is 0 Å². The molecule has 1 saturated heterocycles. The summed E-state index contributed by atoms with van der Waals surface area (Å²) in [6.45, 7) is 2.61. The lowest BCUT2D eigenvalue weighted by Crippen LogP contribution is -2.17. The van der Waals surface area contributed by atoms with Gasteiger partial charge in [0.2, 0.25) is 0 Å². The standard InChI is InChI=1S/C16H18N2O3/c19-16(20)14-7-10-21-15(14)11-17-12-3-5-13(6-4-12)18-8-1-2-9-18/h3-7,10,17H,1-2,8-9,11H2,(H,19,20). The maximum Gasteiger partial charge on any atom is 0.339 e. The van der Waals surface area contributed by atoms with Crippen molar-refractivity contribution in [2.45, 2.75) is 19.4 Å². The molecule has 1 fully saturated rings. The molecule has 110 valence electrons. The van der Waals surface area contributed by atoms with Gasteiger partial charge in [0, 0.05) is 24.5 Å². The first-order valence-electron chi connectivity index (χ1n) is 7.12. The largest absolute Gasteiger partial charge is 0.478 e. The fourth-order valence-electron chi connectivity index (χ4n) is 2.62. The summed E-state index contributed by atoms with van der Waals surface area (Å²) < 4.78 is 5.20. The second-order valence-electron chi connectivity index (χ2n) is 5.16. The molecule has 21 heavy (non-hydrogen) atoms. The first-order chi connectivity index (χ1) is 10.2. The Balaban J connectivity index is 1.62. The van der Waals surface area contributed by atoms with Crippen molar-refractivity contribution in [1.82, 2.24) is 0 Å². The fourth-order valence-corrected chi connectivity index (χ4v) is 2.62. The van der Waals surface area contributed by atoms with E-state index in [1.165, 1.54) is 30.9 Å². The van der Waals surface area contributed by atoms with Crippen LogP contribution in [0.4, 0.5) is 11.4 Å². The van der Waals surface area contributed by atoms with Gasteiger partial charge in [-0.05, 0) is 43.2 Å². The molecule has 3 rings (SSSR count). The maximum atomic E-state index is 11.0. The van der Waals surface area contributed by atoms with E-state index in [0.717, 1.165) is 18.8 Å². The Kier molecular flexibility index (Phi) is 3.81. The normalized spacial score (nSPS) is 14.4. The highest BCUT2D eigenvalue weighted by atomic mass is 16.4. The van der Waals surface area contributed by atoms with E-state index >= 15 is 0 Å². The summed E-state index contributed by atoms with van der Waals surface area (Å²) in [6, 6.07) is 9.67. The summed E-state index contributed by atoms with van der Waals surface area (Å²) in [5.74, 6) is -0.531. The van der Waals surface area contributed by atoms with Crippen molar-refractivity contribution < 1.29 is 14.3 Å². The number of hydrogen-bond donors (Lipinski definition) is 2. The predicted octanol–water partition coefficient (Wildman–Crippen LogP) is 3.19. The van der Waals surface area contributed by atoms with Gasteiger partial charge in [0.05, 0.1) is 12.8 Å². The molecule has 1 aliphatic rings. The predicted molar refractivity (Wildman–Crippen MR) is 80.9 cm³/mol. The van der Waals surface area contributed by atoms with Crippen LogP contribution in [0.1, 0.15) is 29.0 Å². The highest BCUT2D eigenvalue weighted by Crippen LogP contribution is 2.22. The van der Waals surface area contributed by atoms with E-state index < -0.39 is 5.97 Å². The lowest BCUT2D eigenvalue weighted by Gasteiger charge is -2.17. The Bertz CT molecular complexity index is 613. The summed E-state index contributed by atoms with van der Waals surface area (Å²) in [5.41, 5.74) is 2.39. The minimum atomic E-state index is -0.968. The number of carboxylic acid groups (broad SMARTS) is 1. The second-order valence-corrected chi connectivity index (χ2v) is 5.16. The minimum Gasteiger partial charge on any atom is -0.478 e. The molecule has 2 N–H and O–H groups in total. The van der Waals surface area contributed by atoms with Crippen LogP contribution in [0.3, 0.4) is 0 Å². The van der Waals surface area contributed by atoms with Gasteiger partial charge in [-0.25, -0.2) is 4.79 Å². The molecular formula is C16H18N2O3. The molecule has 0 spiro atoms. The Morgan fingerprint density at radius 2 is 1.90 bits per heavy atom. The number of carboxylic acids is 1. The lowest BCUT2D eigenvalue weighted by molar-refractivity contribution is 0.0694. The number of furan rings is 1. The Morgan fingerprint density at radius 3 is 2.57 bits per heavy atom. The molecule has 1 aliphatic heterocycles. The van der Waals surface area contributed by atoms with E-state index in [2.05, 4.69) is 22.3 Å². The van der Waals surface area contributed by atoms with E-state index in [1.807, 2.05) is 12.1 Å². The third kappa shape index (κ3) is 3.02. The summed E-state index contributed by atoms with van der Waals surface area (Å²) >= 11 is 0. The summed E-state index contributed by atoms with van der Waals surface area (Å²) in [6.07, 6.45) is 3.92. The molecule has 2 aromatic rings. The van der Waals surface area contributed by atoms with Crippen LogP contribution >= 0.6 is 0 Å². The highest BCUT2D eigenvalue weighted by molar-refractivity contribution is 5.88. The smallest absolute Gasteiger partial charge is 0.339 e. The van der Waals surface area contributed by atoms with Crippen LogP contribution in [0, 0.1) is 0 Å². The number of aromatic carboxylic acids is 1. The lowest BCUT2D eigenvalue weighted by atomic mass is 10.2. The van der Waals surface area contributed by atoms with Crippen molar-refractivity contribution in [3.05, 3.63) is 47.9 Å². The van der Waals surface area contributed by atoms with Crippen molar-refractivity contribution in [1.29, 1.82) is 0 Å². The number of nitrogens with one attached hydrogen (secondary N) is 1. The van der Waals surface area contributed by atoms with Crippen LogP contribution in [0.2, 0.25) is 0 Å². The van der Waals surface area contributed by atoms with E-state index in [9.17, 15) is 4.79 Å². The van der Waals surface area contributed by atoms with Crippen molar-refractivity contribution in [3.63, 3.8) is 0 Å². The molecule has 2 heterocycles.